The highest BCUT2D eigenvalue weighted by Gasteiger charge is 2.30. The van der Waals surface area contributed by atoms with Crippen LogP contribution in [0.15, 0.2) is 78.9 Å². The maximum absolute atomic E-state index is 13.3. The lowest BCUT2D eigenvalue weighted by Crippen LogP contribution is -2.45. The molecule has 0 aliphatic heterocycles. The van der Waals surface area contributed by atoms with Crippen LogP contribution in [0.3, 0.4) is 0 Å². The number of rotatable bonds is 7. The third kappa shape index (κ3) is 6.25. The summed E-state index contributed by atoms with van der Waals surface area (Å²) < 4.78 is 11.3. The van der Waals surface area contributed by atoms with E-state index in [1.54, 1.807) is 4.90 Å². The van der Waals surface area contributed by atoms with Gasteiger partial charge in [-0.05, 0) is 55.5 Å². The molecule has 1 unspecified atom stereocenters. The van der Waals surface area contributed by atoms with Crippen molar-refractivity contribution in [1.29, 1.82) is 0 Å². The van der Waals surface area contributed by atoms with E-state index in [0.717, 1.165) is 5.56 Å². The van der Waals surface area contributed by atoms with E-state index in [1.807, 2.05) is 82.3 Å². The molecule has 0 heterocycles. The summed E-state index contributed by atoms with van der Waals surface area (Å²) in [5.74, 6) is -0.0164. The van der Waals surface area contributed by atoms with Crippen LogP contribution >= 0.6 is 0 Å². The number of nitrogens with one attached hydrogen (secondary N) is 1. The zero-order valence-electron chi connectivity index (χ0n) is 21.4. The fraction of sp³-hybridized carbons (Fsp3) is 0.333. The van der Waals surface area contributed by atoms with Crippen LogP contribution in [0.1, 0.15) is 50.3 Å². The topological polar surface area (TPSA) is 67.9 Å². The first-order valence-corrected chi connectivity index (χ1v) is 12.3. The lowest BCUT2D eigenvalue weighted by molar-refractivity contribution is 0.0485. The minimum atomic E-state index is -0.597. The van der Waals surface area contributed by atoms with Gasteiger partial charge in [-0.1, -0.05) is 78.9 Å². The summed E-state index contributed by atoms with van der Waals surface area (Å²) in [6.07, 6.45) is -0.930. The van der Waals surface area contributed by atoms with Gasteiger partial charge in [0.1, 0.15) is 12.2 Å². The van der Waals surface area contributed by atoms with E-state index in [2.05, 4.69) is 29.6 Å². The highest BCUT2D eigenvalue weighted by Crippen LogP contribution is 2.44. The van der Waals surface area contributed by atoms with Gasteiger partial charge in [-0.2, -0.15) is 0 Å². The van der Waals surface area contributed by atoms with Crippen molar-refractivity contribution in [3.63, 3.8) is 0 Å². The van der Waals surface area contributed by atoms with E-state index in [-0.39, 0.29) is 25.1 Å². The second-order valence-corrected chi connectivity index (χ2v) is 10.2. The largest absolute Gasteiger partial charge is 0.448 e. The van der Waals surface area contributed by atoms with E-state index >= 15 is 0 Å². The van der Waals surface area contributed by atoms with Crippen molar-refractivity contribution in [2.75, 3.05) is 13.2 Å². The van der Waals surface area contributed by atoms with Crippen molar-refractivity contribution in [3.8, 4) is 11.1 Å². The number of hydrogen-bond acceptors (Lipinski definition) is 4. The number of nitrogens with zero attached hydrogens (tertiary/aromatic N) is 1. The summed E-state index contributed by atoms with van der Waals surface area (Å²) in [6, 6.07) is 25.9. The number of carbonyl (C=O) groups excluding carboxylic acids is 2. The van der Waals surface area contributed by atoms with Crippen molar-refractivity contribution in [1.82, 2.24) is 10.2 Å². The van der Waals surface area contributed by atoms with Crippen molar-refractivity contribution in [2.24, 2.45) is 0 Å². The summed E-state index contributed by atoms with van der Waals surface area (Å²) in [4.78, 5) is 27.2. The molecular formula is C30H34N2O4. The van der Waals surface area contributed by atoms with Crippen molar-refractivity contribution >= 4 is 12.2 Å². The fourth-order valence-electron chi connectivity index (χ4n) is 4.58. The Labute approximate surface area is 213 Å². The second kappa shape index (κ2) is 10.9. The highest BCUT2D eigenvalue weighted by molar-refractivity contribution is 5.79. The van der Waals surface area contributed by atoms with Crippen LogP contribution in [0, 0.1) is 0 Å². The minimum absolute atomic E-state index is 0.0164. The molecule has 6 heteroatoms. The van der Waals surface area contributed by atoms with Crippen molar-refractivity contribution in [2.45, 2.75) is 51.8 Å². The Hall–Kier alpha value is -3.80. The molecule has 6 nitrogen and oxygen atoms in total. The second-order valence-electron chi connectivity index (χ2n) is 10.2. The predicted octanol–water partition coefficient (Wildman–Crippen LogP) is 6.35. The minimum Gasteiger partial charge on any atom is -0.448 e. The molecule has 0 saturated heterocycles. The Morgan fingerprint density at radius 1 is 0.889 bits per heavy atom. The van der Waals surface area contributed by atoms with Crippen LogP contribution in [-0.4, -0.2) is 41.9 Å². The monoisotopic (exact) mass is 486 g/mol. The van der Waals surface area contributed by atoms with Gasteiger partial charge < -0.3 is 19.7 Å². The quantitative estimate of drug-likeness (QED) is 0.422. The van der Waals surface area contributed by atoms with E-state index in [1.165, 1.54) is 22.3 Å². The molecule has 1 aliphatic rings. The fourth-order valence-corrected chi connectivity index (χ4v) is 4.58. The number of alkyl carbamates (subject to hydrolysis) is 1. The summed E-state index contributed by atoms with van der Waals surface area (Å²) in [5, 5.41) is 2.82. The Morgan fingerprint density at radius 2 is 1.44 bits per heavy atom. The standard InChI is InChI=1S/C30H34N2O4/c1-21(31-28(33)36-30(2,3)4)18-32(19-22-12-6-5-7-13-22)29(34)35-20-27-25-16-10-8-14-23(25)24-15-9-11-17-26(24)27/h5-17,21,27H,18-20H2,1-4H3,(H,31,33). The molecule has 0 saturated carbocycles. The molecular weight excluding hydrogens is 452 g/mol. The van der Waals surface area contributed by atoms with Crippen LogP contribution < -0.4 is 5.32 Å². The summed E-state index contributed by atoms with van der Waals surface area (Å²) in [5.41, 5.74) is 5.09. The lowest BCUT2D eigenvalue weighted by atomic mass is 9.98. The van der Waals surface area contributed by atoms with E-state index in [4.69, 9.17) is 9.47 Å². The average Bonchev–Trinajstić information content (AvgIpc) is 3.15. The molecule has 4 rings (SSSR count). The summed E-state index contributed by atoms with van der Waals surface area (Å²) in [6.45, 7) is 8.19. The van der Waals surface area contributed by atoms with Crippen LogP contribution in [0.25, 0.3) is 11.1 Å². The Kier molecular flexibility index (Phi) is 7.63. The van der Waals surface area contributed by atoms with Gasteiger partial charge in [0.15, 0.2) is 0 Å². The summed E-state index contributed by atoms with van der Waals surface area (Å²) in [7, 11) is 0. The highest BCUT2D eigenvalue weighted by atomic mass is 16.6. The van der Waals surface area contributed by atoms with Crippen molar-refractivity contribution in [3.05, 3.63) is 95.6 Å². The average molecular weight is 487 g/mol. The Bertz CT molecular complexity index is 1160. The van der Waals surface area contributed by atoms with Gasteiger partial charge in [-0.25, -0.2) is 9.59 Å². The first-order valence-electron chi connectivity index (χ1n) is 12.3. The zero-order valence-corrected chi connectivity index (χ0v) is 21.4. The van der Waals surface area contributed by atoms with Gasteiger partial charge in [-0.15, -0.1) is 0 Å². The smallest absolute Gasteiger partial charge is 0.410 e. The normalized spacial score (nSPS) is 13.3. The molecule has 188 valence electrons. The third-order valence-electron chi connectivity index (χ3n) is 6.07. The van der Waals surface area contributed by atoms with Gasteiger partial charge in [0, 0.05) is 25.0 Å². The number of ether oxygens (including phenoxy) is 2. The lowest BCUT2D eigenvalue weighted by Gasteiger charge is -2.27. The molecule has 0 fully saturated rings. The van der Waals surface area contributed by atoms with Gasteiger partial charge in [0.25, 0.3) is 0 Å². The molecule has 36 heavy (non-hydrogen) atoms. The maximum atomic E-state index is 13.3. The zero-order chi connectivity index (χ0) is 25.7. The molecule has 2 amide bonds. The van der Waals surface area contributed by atoms with Crippen LogP contribution in [-0.2, 0) is 16.0 Å². The predicted molar refractivity (Wildman–Crippen MR) is 141 cm³/mol. The van der Waals surface area contributed by atoms with Crippen LogP contribution in [0.5, 0.6) is 0 Å². The SMILES string of the molecule is CC(CN(Cc1ccccc1)C(=O)OCC1c2ccccc2-c2ccccc21)NC(=O)OC(C)(C)C. The molecule has 1 atom stereocenters. The van der Waals surface area contributed by atoms with Gasteiger partial charge >= 0.3 is 12.2 Å². The third-order valence-corrected chi connectivity index (χ3v) is 6.07. The Balaban J connectivity index is 1.46. The molecule has 3 aromatic rings. The Morgan fingerprint density at radius 3 is 2.03 bits per heavy atom. The van der Waals surface area contributed by atoms with Gasteiger partial charge in [0.05, 0.1) is 0 Å². The number of amides is 2. The number of carbonyl (C=O) groups is 2. The van der Waals surface area contributed by atoms with Crippen LogP contribution in [0.2, 0.25) is 0 Å². The number of hydrogen-bond donors (Lipinski definition) is 1. The maximum Gasteiger partial charge on any atom is 0.410 e. The van der Waals surface area contributed by atoms with E-state index < -0.39 is 17.8 Å². The van der Waals surface area contributed by atoms with Crippen molar-refractivity contribution < 1.29 is 19.1 Å². The molecule has 1 aliphatic carbocycles. The molecule has 0 spiro atoms. The van der Waals surface area contributed by atoms with Gasteiger partial charge in [-0.3, -0.25) is 0 Å². The first-order chi connectivity index (χ1) is 17.2. The van der Waals surface area contributed by atoms with Gasteiger partial charge in [0.2, 0.25) is 0 Å². The number of fused-ring (bicyclic) bond motifs is 3. The summed E-state index contributed by atoms with van der Waals surface area (Å²) >= 11 is 0. The first kappa shape index (κ1) is 25.3. The van der Waals surface area contributed by atoms with Crippen LogP contribution in [0.4, 0.5) is 9.59 Å². The number of benzene rings is 3. The molecule has 0 radical (unpaired) electrons. The molecule has 0 bridgehead atoms. The van der Waals surface area contributed by atoms with E-state index in [0.29, 0.717) is 6.54 Å². The van der Waals surface area contributed by atoms with E-state index in [9.17, 15) is 9.59 Å². The molecule has 3 aromatic carbocycles. The molecule has 0 aromatic heterocycles. The molecule has 1 N–H and O–H groups in total.